The quantitative estimate of drug-likeness (QED) is 0.616. The molecule has 0 aliphatic carbocycles. The Hall–Kier alpha value is -1.24. The Labute approximate surface area is 93.5 Å². The fourth-order valence-corrected chi connectivity index (χ4v) is 1.95. The van der Waals surface area contributed by atoms with Crippen LogP contribution in [0, 0.1) is 0 Å². The van der Waals surface area contributed by atoms with E-state index in [0.29, 0.717) is 6.04 Å². The molecule has 15 heavy (non-hydrogen) atoms. The predicted molar refractivity (Wildman–Crippen MR) is 67.6 cm³/mol. The van der Waals surface area contributed by atoms with Gasteiger partial charge in [0.15, 0.2) is 0 Å². The molecule has 1 unspecified atom stereocenters. The maximum atomic E-state index is 3.91. The molecule has 0 fully saturated rings. The second-order valence-electron chi connectivity index (χ2n) is 3.91. The monoisotopic (exact) mass is 203 g/mol. The Morgan fingerprint density at radius 2 is 2.20 bits per heavy atom. The summed E-state index contributed by atoms with van der Waals surface area (Å²) in [6.07, 6.45) is 10.2. The molecule has 0 amide bonds. The lowest BCUT2D eigenvalue weighted by Crippen LogP contribution is -2.28. The number of allylic oxidation sites excluding steroid dienone is 4. The molecule has 0 aromatic rings. The van der Waals surface area contributed by atoms with E-state index in [1.54, 1.807) is 0 Å². The minimum atomic E-state index is 0.604. The SMILES string of the molecule is C=C/C=C\C1=C(C=C)N(C(C)CC)CC1. The summed E-state index contributed by atoms with van der Waals surface area (Å²) in [7, 11) is 0. The maximum Gasteiger partial charge on any atom is 0.0396 e. The molecule has 1 aliphatic heterocycles. The van der Waals surface area contributed by atoms with E-state index >= 15 is 0 Å². The van der Waals surface area contributed by atoms with E-state index in [2.05, 4.69) is 38.0 Å². The van der Waals surface area contributed by atoms with Crippen molar-refractivity contribution in [2.45, 2.75) is 32.7 Å². The third-order valence-electron chi connectivity index (χ3n) is 3.01. The normalized spacial score (nSPS) is 18.7. The van der Waals surface area contributed by atoms with Crippen molar-refractivity contribution in [2.24, 2.45) is 0 Å². The van der Waals surface area contributed by atoms with Crippen LogP contribution in [-0.2, 0) is 0 Å². The Morgan fingerprint density at radius 3 is 2.73 bits per heavy atom. The molecule has 0 spiro atoms. The summed E-state index contributed by atoms with van der Waals surface area (Å²) >= 11 is 0. The first-order chi connectivity index (χ1) is 7.24. The van der Waals surface area contributed by atoms with Gasteiger partial charge in [-0.15, -0.1) is 0 Å². The zero-order valence-electron chi connectivity index (χ0n) is 9.87. The van der Waals surface area contributed by atoms with Gasteiger partial charge in [0.05, 0.1) is 0 Å². The molecule has 1 atom stereocenters. The van der Waals surface area contributed by atoms with Gasteiger partial charge in [0.1, 0.15) is 0 Å². The molecule has 1 rings (SSSR count). The van der Waals surface area contributed by atoms with Crippen molar-refractivity contribution in [3.63, 3.8) is 0 Å². The maximum absolute atomic E-state index is 3.91. The molecule has 0 saturated heterocycles. The van der Waals surface area contributed by atoms with Gasteiger partial charge in [0, 0.05) is 18.3 Å². The van der Waals surface area contributed by atoms with Crippen LogP contribution in [0.3, 0.4) is 0 Å². The van der Waals surface area contributed by atoms with Crippen molar-refractivity contribution >= 4 is 0 Å². The minimum absolute atomic E-state index is 0.604. The van der Waals surface area contributed by atoms with E-state index in [4.69, 9.17) is 0 Å². The molecule has 1 aliphatic rings. The summed E-state index contributed by atoms with van der Waals surface area (Å²) in [6, 6.07) is 0.604. The summed E-state index contributed by atoms with van der Waals surface area (Å²) in [5, 5.41) is 0. The highest BCUT2D eigenvalue weighted by molar-refractivity contribution is 5.36. The lowest BCUT2D eigenvalue weighted by atomic mass is 10.1. The van der Waals surface area contributed by atoms with Crippen molar-refractivity contribution in [3.05, 3.63) is 48.7 Å². The van der Waals surface area contributed by atoms with Crippen LogP contribution >= 0.6 is 0 Å². The largest absolute Gasteiger partial charge is 0.368 e. The van der Waals surface area contributed by atoms with Crippen LogP contribution in [0.2, 0.25) is 0 Å². The van der Waals surface area contributed by atoms with Gasteiger partial charge in [0.25, 0.3) is 0 Å². The van der Waals surface area contributed by atoms with Crippen molar-refractivity contribution in [1.29, 1.82) is 0 Å². The molecule has 0 radical (unpaired) electrons. The van der Waals surface area contributed by atoms with Gasteiger partial charge in [-0.3, -0.25) is 0 Å². The van der Waals surface area contributed by atoms with E-state index in [9.17, 15) is 0 Å². The fourth-order valence-electron chi connectivity index (χ4n) is 1.95. The zero-order chi connectivity index (χ0) is 11.3. The Bertz CT molecular complexity index is 296. The Morgan fingerprint density at radius 1 is 1.47 bits per heavy atom. The predicted octanol–water partition coefficient (Wildman–Crippen LogP) is 3.67. The summed E-state index contributed by atoms with van der Waals surface area (Å²) in [4.78, 5) is 2.44. The summed E-state index contributed by atoms with van der Waals surface area (Å²) < 4.78 is 0. The molecule has 0 aromatic carbocycles. The standard InChI is InChI=1S/C14H21N/c1-5-8-9-13-10-11-15(12(4)6-2)14(13)7-3/h5,7-9,12H,1,3,6,10-11H2,2,4H3/b9-8-. The van der Waals surface area contributed by atoms with Crippen LogP contribution in [0.4, 0.5) is 0 Å². The van der Waals surface area contributed by atoms with Crippen LogP contribution < -0.4 is 0 Å². The van der Waals surface area contributed by atoms with Crippen molar-refractivity contribution in [2.75, 3.05) is 6.54 Å². The van der Waals surface area contributed by atoms with E-state index in [0.717, 1.165) is 13.0 Å². The van der Waals surface area contributed by atoms with Crippen LogP contribution in [0.1, 0.15) is 26.7 Å². The third-order valence-corrected chi connectivity index (χ3v) is 3.01. The smallest absolute Gasteiger partial charge is 0.0396 e. The van der Waals surface area contributed by atoms with Gasteiger partial charge in [-0.25, -0.2) is 0 Å². The highest BCUT2D eigenvalue weighted by Crippen LogP contribution is 2.27. The second kappa shape index (κ2) is 5.59. The Kier molecular flexibility index (Phi) is 4.41. The third kappa shape index (κ3) is 2.62. The van der Waals surface area contributed by atoms with Gasteiger partial charge < -0.3 is 4.90 Å². The highest BCUT2D eigenvalue weighted by atomic mass is 15.2. The van der Waals surface area contributed by atoms with Crippen LogP contribution in [0.15, 0.2) is 48.7 Å². The van der Waals surface area contributed by atoms with Crippen molar-refractivity contribution in [3.8, 4) is 0 Å². The van der Waals surface area contributed by atoms with Gasteiger partial charge in [0.2, 0.25) is 0 Å². The lowest BCUT2D eigenvalue weighted by Gasteiger charge is -2.27. The molecular formula is C14H21N. The van der Waals surface area contributed by atoms with Crippen molar-refractivity contribution < 1.29 is 0 Å². The molecular weight excluding hydrogens is 182 g/mol. The summed E-state index contributed by atoms with van der Waals surface area (Å²) in [5.74, 6) is 0. The molecule has 0 aromatic heterocycles. The van der Waals surface area contributed by atoms with Crippen LogP contribution in [0.5, 0.6) is 0 Å². The molecule has 1 heteroatoms. The topological polar surface area (TPSA) is 3.24 Å². The van der Waals surface area contributed by atoms with Crippen LogP contribution in [-0.4, -0.2) is 17.5 Å². The first-order valence-corrected chi connectivity index (χ1v) is 5.65. The highest BCUT2D eigenvalue weighted by Gasteiger charge is 2.21. The van der Waals surface area contributed by atoms with E-state index in [1.807, 2.05) is 18.2 Å². The summed E-state index contributed by atoms with van der Waals surface area (Å²) in [6.45, 7) is 13.2. The zero-order valence-corrected chi connectivity index (χ0v) is 9.87. The molecule has 0 bridgehead atoms. The number of rotatable bonds is 5. The van der Waals surface area contributed by atoms with E-state index in [1.165, 1.54) is 17.7 Å². The van der Waals surface area contributed by atoms with Crippen molar-refractivity contribution in [1.82, 2.24) is 4.90 Å². The van der Waals surface area contributed by atoms with Gasteiger partial charge >= 0.3 is 0 Å². The Balaban J connectivity index is 2.88. The van der Waals surface area contributed by atoms with Crippen LogP contribution in [0.25, 0.3) is 0 Å². The van der Waals surface area contributed by atoms with E-state index < -0.39 is 0 Å². The molecule has 0 N–H and O–H groups in total. The van der Waals surface area contributed by atoms with Gasteiger partial charge in [-0.2, -0.15) is 0 Å². The first kappa shape index (κ1) is 11.8. The average Bonchev–Trinajstić information content (AvgIpc) is 2.67. The molecule has 0 saturated carbocycles. The lowest BCUT2D eigenvalue weighted by molar-refractivity contribution is 0.292. The van der Waals surface area contributed by atoms with Gasteiger partial charge in [-0.05, 0) is 31.4 Å². The molecule has 1 heterocycles. The van der Waals surface area contributed by atoms with Gasteiger partial charge in [-0.1, -0.05) is 38.3 Å². The number of hydrogen-bond donors (Lipinski definition) is 0. The molecule has 1 nitrogen and oxygen atoms in total. The summed E-state index contributed by atoms with van der Waals surface area (Å²) in [5.41, 5.74) is 2.67. The number of nitrogens with zero attached hydrogens (tertiary/aromatic N) is 1. The van der Waals surface area contributed by atoms with E-state index in [-0.39, 0.29) is 0 Å². The number of hydrogen-bond acceptors (Lipinski definition) is 1. The minimum Gasteiger partial charge on any atom is -0.368 e. The second-order valence-corrected chi connectivity index (χ2v) is 3.91. The average molecular weight is 203 g/mol. The fraction of sp³-hybridized carbons (Fsp3) is 0.429. The first-order valence-electron chi connectivity index (χ1n) is 5.65. The molecule has 82 valence electrons.